The van der Waals surface area contributed by atoms with Crippen LogP contribution < -0.4 is 9.47 Å². The van der Waals surface area contributed by atoms with Gasteiger partial charge >= 0.3 is 0 Å². The van der Waals surface area contributed by atoms with Gasteiger partial charge in [0.2, 0.25) is 0 Å². The number of aryl methyl sites for hydroxylation is 2. The molecule has 3 aromatic rings. The van der Waals surface area contributed by atoms with E-state index in [9.17, 15) is 0 Å². The second-order valence-corrected chi connectivity index (χ2v) is 6.46. The van der Waals surface area contributed by atoms with Crippen molar-refractivity contribution in [3.8, 4) is 17.4 Å². The van der Waals surface area contributed by atoms with E-state index in [4.69, 9.17) is 9.47 Å². The van der Waals surface area contributed by atoms with Crippen molar-refractivity contribution in [1.29, 1.82) is 0 Å². The Labute approximate surface area is 164 Å². The highest BCUT2D eigenvalue weighted by Crippen LogP contribution is 2.24. The quantitative estimate of drug-likeness (QED) is 0.529. The standard InChI is InChI=1S/C20H26N6O2/c1-5-9-27-18-8-7-17(19(12-18)28-10-6-2)13-22-25-14-21-23-20(25)26-16(4)11-15(3)24-26/h7-8,11-14H,5-6,9-10H2,1-4H3/b22-13-. The van der Waals surface area contributed by atoms with E-state index in [1.807, 2.05) is 38.1 Å². The number of benzene rings is 1. The Morgan fingerprint density at radius 3 is 2.57 bits per heavy atom. The molecule has 2 aromatic heterocycles. The predicted octanol–water partition coefficient (Wildman–Crippen LogP) is 3.54. The summed E-state index contributed by atoms with van der Waals surface area (Å²) in [5.41, 5.74) is 2.73. The minimum atomic E-state index is 0.528. The number of aromatic nitrogens is 5. The molecule has 3 rings (SSSR count). The van der Waals surface area contributed by atoms with Crippen LogP contribution in [0, 0.1) is 13.8 Å². The zero-order valence-corrected chi connectivity index (χ0v) is 16.8. The minimum Gasteiger partial charge on any atom is -0.493 e. The number of ether oxygens (including phenoxy) is 2. The molecule has 8 heteroatoms. The van der Waals surface area contributed by atoms with Crippen molar-refractivity contribution in [3.63, 3.8) is 0 Å². The lowest BCUT2D eigenvalue weighted by molar-refractivity contribution is 0.301. The largest absolute Gasteiger partial charge is 0.493 e. The van der Waals surface area contributed by atoms with Crippen LogP contribution in [0.3, 0.4) is 0 Å². The van der Waals surface area contributed by atoms with Crippen molar-refractivity contribution in [1.82, 2.24) is 24.7 Å². The normalized spacial score (nSPS) is 11.3. The molecule has 0 aliphatic heterocycles. The minimum absolute atomic E-state index is 0.528. The average molecular weight is 382 g/mol. The highest BCUT2D eigenvalue weighted by atomic mass is 16.5. The average Bonchev–Trinajstić information content (AvgIpc) is 3.28. The van der Waals surface area contributed by atoms with Crippen molar-refractivity contribution in [2.75, 3.05) is 13.2 Å². The van der Waals surface area contributed by atoms with Gasteiger partial charge in [-0.1, -0.05) is 13.8 Å². The molecule has 0 unspecified atom stereocenters. The molecule has 0 aliphatic rings. The van der Waals surface area contributed by atoms with E-state index in [1.165, 1.54) is 0 Å². The first-order chi connectivity index (χ1) is 13.6. The van der Waals surface area contributed by atoms with Gasteiger partial charge in [0.05, 0.1) is 25.1 Å². The van der Waals surface area contributed by atoms with Gasteiger partial charge in [-0.05, 0) is 44.9 Å². The fraction of sp³-hybridized carbons (Fsp3) is 0.400. The van der Waals surface area contributed by atoms with Gasteiger partial charge in [0.1, 0.15) is 17.8 Å². The molecule has 0 fully saturated rings. The number of hydrogen-bond donors (Lipinski definition) is 0. The molecule has 28 heavy (non-hydrogen) atoms. The fourth-order valence-electron chi connectivity index (χ4n) is 2.67. The molecular formula is C20H26N6O2. The molecule has 2 heterocycles. The van der Waals surface area contributed by atoms with Crippen LogP contribution in [0.4, 0.5) is 0 Å². The van der Waals surface area contributed by atoms with Crippen molar-refractivity contribution >= 4 is 6.21 Å². The van der Waals surface area contributed by atoms with Crippen LogP contribution in [0.1, 0.15) is 43.6 Å². The Balaban J connectivity index is 1.88. The summed E-state index contributed by atoms with van der Waals surface area (Å²) < 4.78 is 14.9. The Morgan fingerprint density at radius 2 is 1.86 bits per heavy atom. The molecule has 0 bridgehead atoms. The van der Waals surface area contributed by atoms with Gasteiger partial charge in [-0.2, -0.15) is 14.9 Å². The summed E-state index contributed by atoms with van der Waals surface area (Å²) in [7, 11) is 0. The molecule has 1 aromatic carbocycles. The lowest BCUT2D eigenvalue weighted by atomic mass is 10.2. The summed E-state index contributed by atoms with van der Waals surface area (Å²) in [6.45, 7) is 9.36. The van der Waals surface area contributed by atoms with Gasteiger partial charge < -0.3 is 9.47 Å². The van der Waals surface area contributed by atoms with Gasteiger partial charge in [-0.25, -0.2) is 4.68 Å². The van der Waals surface area contributed by atoms with E-state index in [0.29, 0.717) is 19.2 Å². The highest BCUT2D eigenvalue weighted by molar-refractivity contribution is 5.83. The van der Waals surface area contributed by atoms with Crippen LogP contribution in [-0.2, 0) is 0 Å². The fourth-order valence-corrected chi connectivity index (χ4v) is 2.67. The number of hydrogen-bond acceptors (Lipinski definition) is 6. The second kappa shape index (κ2) is 9.16. The van der Waals surface area contributed by atoms with E-state index >= 15 is 0 Å². The molecule has 0 spiro atoms. The van der Waals surface area contributed by atoms with Crippen LogP contribution >= 0.6 is 0 Å². The summed E-state index contributed by atoms with van der Waals surface area (Å²) in [5.74, 6) is 2.05. The molecule has 0 saturated carbocycles. The lowest BCUT2D eigenvalue weighted by Gasteiger charge is -2.11. The molecular weight excluding hydrogens is 356 g/mol. The van der Waals surface area contributed by atoms with Gasteiger partial charge in [0.25, 0.3) is 5.95 Å². The van der Waals surface area contributed by atoms with E-state index in [1.54, 1.807) is 21.9 Å². The summed E-state index contributed by atoms with van der Waals surface area (Å²) in [5, 5.41) is 17.1. The summed E-state index contributed by atoms with van der Waals surface area (Å²) in [6, 6.07) is 7.74. The van der Waals surface area contributed by atoms with E-state index in [2.05, 4.69) is 34.2 Å². The van der Waals surface area contributed by atoms with Crippen molar-refractivity contribution in [2.24, 2.45) is 5.10 Å². The maximum atomic E-state index is 5.88. The first-order valence-corrected chi connectivity index (χ1v) is 9.50. The van der Waals surface area contributed by atoms with E-state index < -0.39 is 0 Å². The summed E-state index contributed by atoms with van der Waals surface area (Å²) in [6.07, 6.45) is 5.15. The topological polar surface area (TPSA) is 79.4 Å². The molecule has 0 aliphatic carbocycles. The number of rotatable bonds is 9. The van der Waals surface area contributed by atoms with Crippen molar-refractivity contribution in [3.05, 3.63) is 47.5 Å². The molecule has 0 radical (unpaired) electrons. The van der Waals surface area contributed by atoms with Crippen LogP contribution in [0.25, 0.3) is 5.95 Å². The van der Waals surface area contributed by atoms with Gasteiger partial charge in [0, 0.05) is 17.3 Å². The monoisotopic (exact) mass is 382 g/mol. The maximum Gasteiger partial charge on any atom is 0.273 e. The maximum absolute atomic E-state index is 5.88. The van der Waals surface area contributed by atoms with Crippen LogP contribution in [0.15, 0.2) is 35.7 Å². The molecule has 0 amide bonds. The van der Waals surface area contributed by atoms with Crippen LogP contribution in [0.2, 0.25) is 0 Å². The molecule has 0 N–H and O–H groups in total. The molecule has 0 saturated heterocycles. The molecule has 148 valence electrons. The highest BCUT2D eigenvalue weighted by Gasteiger charge is 2.11. The number of nitrogens with zero attached hydrogens (tertiary/aromatic N) is 6. The smallest absolute Gasteiger partial charge is 0.273 e. The molecule has 0 atom stereocenters. The third kappa shape index (κ3) is 4.57. The van der Waals surface area contributed by atoms with Crippen molar-refractivity contribution < 1.29 is 9.47 Å². The Kier molecular flexibility index (Phi) is 6.41. The van der Waals surface area contributed by atoms with E-state index in [0.717, 1.165) is 41.3 Å². The first kappa shape index (κ1) is 19.6. The first-order valence-electron chi connectivity index (χ1n) is 9.50. The third-order valence-corrected chi connectivity index (χ3v) is 3.95. The lowest BCUT2D eigenvalue weighted by Crippen LogP contribution is -2.07. The van der Waals surface area contributed by atoms with Crippen LogP contribution in [-0.4, -0.2) is 44.1 Å². The summed E-state index contributed by atoms with van der Waals surface area (Å²) in [4.78, 5) is 0. The zero-order valence-electron chi connectivity index (χ0n) is 16.8. The second-order valence-electron chi connectivity index (χ2n) is 6.46. The van der Waals surface area contributed by atoms with Gasteiger partial charge in [-0.3, -0.25) is 0 Å². The van der Waals surface area contributed by atoms with Gasteiger partial charge in [-0.15, -0.1) is 10.2 Å². The van der Waals surface area contributed by atoms with Crippen LogP contribution in [0.5, 0.6) is 11.5 Å². The zero-order chi connectivity index (χ0) is 19.9. The van der Waals surface area contributed by atoms with E-state index in [-0.39, 0.29) is 0 Å². The summed E-state index contributed by atoms with van der Waals surface area (Å²) >= 11 is 0. The third-order valence-electron chi connectivity index (χ3n) is 3.95. The SMILES string of the molecule is CCCOc1ccc(/C=N\n2cnnc2-n2nc(C)cc2C)c(OCCC)c1. The van der Waals surface area contributed by atoms with Crippen molar-refractivity contribution in [2.45, 2.75) is 40.5 Å². The van der Waals surface area contributed by atoms with Gasteiger partial charge in [0.15, 0.2) is 0 Å². The molecule has 8 nitrogen and oxygen atoms in total. The predicted molar refractivity (Wildman–Crippen MR) is 108 cm³/mol. The Bertz CT molecular complexity index is 944. The Hall–Kier alpha value is -3.16. The Morgan fingerprint density at radius 1 is 1.07 bits per heavy atom.